The predicted octanol–water partition coefficient (Wildman–Crippen LogP) is 0.776. The molecule has 7 nitrogen and oxygen atoms in total. The van der Waals surface area contributed by atoms with Crippen LogP contribution in [0.5, 0.6) is 0 Å². The summed E-state index contributed by atoms with van der Waals surface area (Å²) in [5, 5.41) is 5.95. The number of imide groups is 1. The largest absolute Gasteiger partial charge is 0.322 e. The van der Waals surface area contributed by atoms with Crippen molar-refractivity contribution in [3.05, 3.63) is 34.9 Å². The van der Waals surface area contributed by atoms with Gasteiger partial charge in [0.1, 0.15) is 6.04 Å². The van der Waals surface area contributed by atoms with E-state index in [1.807, 2.05) is 12.1 Å². The third-order valence-corrected chi connectivity index (χ3v) is 6.91. The first-order valence-electron chi connectivity index (χ1n) is 10.3. The van der Waals surface area contributed by atoms with E-state index in [-0.39, 0.29) is 24.1 Å². The summed E-state index contributed by atoms with van der Waals surface area (Å²) in [6.45, 7) is 4.70. The van der Waals surface area contributed by atoms with E-state index in [9.17, 15) is 14.4 Å². The van der Waals surface area contributed by atoms with Crippen molar-refractivity contribution in [2.75, 3.05) is 19.6 Å². The van der Waals surface area contributed by atoms with Crippen molar-refractivity contribution in [2.24, 2.45) is 0 Å². The Kier molecular flexibility index (Phi) is 4.25. The molecule has 0 saturated carbocycles. The minimum absolute atomic E-state index is 0.105. The number of amides is 3. The van der Waals surface area contributed by atoms with Crippen molar-refractivity contribution in [3.63, 3.8) is 0 Å². The number of carbonyl (C=O) groups is 3. The lowest BCUT2D eigenvalue weighted by Gasteiger charge is -2.49. The Morgan fingerprint density at radius 2 is 1.89 bits per heavy atom. The summed E-state index contributed by atoms with van der Waals surface area (Å²) in [7, 11) is 0. The molecule has 0 bridgehead atoms. The van der Waals surface area contributed by atoms with Gasteiger partial charge in [0.2, 0.25) is 11.8 Å². The Hall–Kier alpha value is -2.25. The Morgan fingerprint density at radius 3 is 2.57 bits per heavy atom. The number of carbonyl (C=O) groups excluding carboxylic acids is 3. The van der Waals surface area contributed by atoms with Crippen molar-refractivity contribution in [1.29, 1.82) is 0 Å². The molecule has 1 spiro atoms. The van der Waals surface area contributed by atoms with E-state index < -0.39 is 6.04 Å². The molecular weight excluding hydrogens is 356 g/mol. The van der Waals surface area contributed by atoms with Crippen LogP contribution in [-0.2, 0) is 22.7 Å². The molecule has 5 rings (SSSR count). The van der Waals surface area contributed by atoms with E-state index in [1.165, 1.54) is 24.8 Å². The van der Waals surface area contributed by atoms with Gasteiger partial charge in [-0.3, -0.25) is 24.6 Å². The average molecular weight is 382 g/mol. The van der Waals surface area contributed by atoms with Crippen LogP contribution in [0.1, 0.15) is 53.6 Å². The fourth-order valence-electron chi connectivity index (χ4n) is 5.03. The number of nitrogens with one attached hydrogen (secondary N) is 2. The van der Waals surface area contributed by atoms with E-state index in [0.717, 1.165) is 31.7 Å². The van der Waals surface area contributed by atoms with Crippen LogP contribution in [0.15, 0.2) is 18.2 Å². The zero-order chi connectivity index (χ0) is 19.3. The quantitative estimate of drug-likeness (QED) is 0.755. The molecule has 2 N–H and O–H groups in total. The van der Waals surface area contributed by atoms with Crippen LogP contribution >= 0.6 is 0 Å². The predicted molar refractivity (Wildman–Crippen MR) is 102 cm³/mol. The highest BCUT2D eigenvalue weighted by atomic mass is 16.2. The van der Waals surface area contributed by atoms with E-state index in [4.69, 9.17) is 0 Å². The first-order valence-corrected chi connectivity index (χ1v) is 10.3. The van der Waals surface area contributed by atoms with Crippen molar-refractivity contribution < 1.29 is 14.4 Å². The highest BCUT2D eigenvalue weighted by Gasteiger charge is 2.40. The summed E-state index contributed by atoms with van der Waals surface area (Å²) in [6, 6.07) is 5.51. The third kappa shape index (κ3) is 3.02. The standard InChI is InChI=1S/C21H26N4O3/c26-18-4-3-17(19(27)23-18)25-13-15-11-14(1-2-16(15)20(25)28)12-24-9-6-21(7-10-24)5-8-22-21/h1-2,11,17,22H,3-10,12-13H2,(H,23,26,27). The number of fused-ring (bicyclic) bond motifs is 1. The molecule has 1 unspecified atom stereocenters. The topological polar surface area (TPSA) is 81.8 Å². The molecule has 1 atom stereocenters. The lowest BCUT2D eigenvalue weighted by Crippen LogP contribution is -2.61. The number of benzene rings is 1. The molecule has 4 aliphatic heterocycles. The summed E-state index contributed by atoms with van der Waals surface area (Å²) in [4.78, 5) is 40.4. The van der Waals surface area contributed by atoms with Crippen LogP contribution in [0.2, 0.25) is 0 Å². The van der Waals surface area contributed by atoms with E-state index in [1.54, 1.807) is 4.90 Å². The molecule has 148 valence electrons. The molecule has 3 saturated heterocycles. The molecule has 0 radical (unpaired) electrons. The molecule has 7 heteroatoms. The first-order chi connectivity index (χ1) is 13.5. The van der Waals surface area contributed by atoms with Crippen LogP contribution < -0.4 is 10.6 Å². The van der Waals surface area contributed by atoms with Gasteiger partial charge < -0.3 is 10.2 Å². The lowest BCUT2D eigenvalue weighted by molar-refractivity contribution is -0.136. The van der Waals surface area contributed by atoms with Gasteiger partial charge in [-0.2, -0.15) is 0 Å². The first kappa shape index (κ1) is 17.8. The second kappa shape index (κ2) is 6.67. The minimum Gasteiger partial charge on any atom is -0.322 e. The van der Waals surface area contributed by atoms with Crippen molar-refractivity contribution >= 4 is 17.7 Å². The summed E-state index contributed by atoms with van der Waals surface area (Å²) in [6.07, 6.45) is 4.41. The number of piperidine rings is 2. The number of likely N-dealkylation sites (tertiary alicyclic amines) is 1. The summed E-state index contributed by atoms with van der Waals surface area (Å²) in [5.74, 6) is -0.718. The van der Waals surface area contributed by atoms with Crippen LogP contribution in [0, 0.1) is 0 Å². The lowest BCUT2D eigenvalue weighted by atomic mass is 9.79. The minimum atomic E-state index is -0.547. The summed E-state index contributed by atoms with van der Waals surface area (Å²) in [5.41, 5.74) is 3.30. The van der Waals surface area contributed by atoms with Gasteiger partial charge in [-0.1, -0.05) is 12.1 Å². The number of rotatable bonds is 3. The van der Waals surface area contributed by atoms with Gasteiger partial charge in [0.05, 0.1) is 0 Å². The number of nitrogens with zero attached hydrogens (tertiary/aromatic N) is 2. The van der Waals surface area contributed by atoms with E-state index in [0.29, 0.717) is 24.1 Å². The Bertz CT molecular complexity index is 838. The van der Waals surface area contributed by atoms with Crippen molar-refractivity contribution in [2.45, 2.75) is 56.8 Å². The molecule has 3 amide bonds. The fourth-order valence-corrected chi connectivity index (χ4v) is 5.03. The Labute approximate surface area is 164 Å². The van der Waals surface area contributed by atoms with Crippen molar-refractivity contribution in [1.82, 2.24) is 20.4 Å². The molecule has 4 aliphatic rings. The van der Waals surface area contributed by atoms with Gasteiger partial charge in [-0.25, -0.2) is 0 Å². The van der Waals surface area contributed by atoms with Crippen molar-refractivity contribution in [3.8, 4) is 0 Å². The van der Waals surface area contributed by atoms with Gasteiger partial charge in [-0.05, 0) is 49.4 Å². The zero-order valence-corrected chi connectivity index (χ0v) is 16.0. The van der Waals surface area contributed by atoms with Gasteiger partial charge in [0.15, 0.2) is 0 Å². The molecule has 1 aromatic rings. The van der Waals surface area contributed by atoms with Gasteiger partial charge >= 0.3 is 0 Å². The maximum Gasteiger partial charge on any atom is 0.255 e. The van der Waals surface area contributed by atoms with Gasteiger partial charge in [-0.15, -0.1) is 0 Å². The molecule has 3 fully saturated rings. The number of hydrogen-bond acceptors (Lipinski definition) is 5. The molecular formula is C21H26N4O3. The summed E-state index contributed by atoms with van der Waals surface area (Å²) >= 11 is 0. The van der Waals surface area contributed by atoms with Crippen LogP contribution in [0.3, 0.4) is 0 Å². The monoisotopic (exact) mass is 382 g/mol. The Morgan fingerprint density at radius 1 is 1.11 bits per heavy atom. The van der Waals surface area contributed by atoms with E-state index in [2.05, 4.69) is 21.6 Å². The van der Waals surface area contributed by atoms with Crippen LogP contribution in [-0.4, -0.2) is 58.7 Å². The second-order valence-electron chi connectivity index (χ2n) is 8.62. The van der Waals surface area contributed by atoms with E-state index >= 15 is 0 Å². The zero-order valence-electron chi connectivity index (χ0n) is 16.0. The fraction of sp³-hybridized carbons (Fsp3) is 0.571. The molecule has 1 aromatic carbocycles. The normalized spacial score (nSPS) is 26.9. The number of hydrogen-bond donors (Lipinski definition) is 2. The highest BCUT2D eigenvalue weighted by molar-refractivity contribution is 6.05. The third-order valence-electron chi connectivity index (χ3n) is 6.91. The molecule has 4 heterocycles. The maximum absolute atomic E-state index is 12.8. The average Bonchev–Trinajstić information content (AvgIpc) is 2.97. The Balaban J connectivity index is 1.25. The SMILES string of the molecule is O=C1CCC(N2Cc3cc(CN4CCC5(CCN5)CC4)ccc3C2=O)C(=O)N1. The van der Waals surface area contributed by atoms with Crippen LogP contribution in [0.4, 0.5) is 0 Å². The summed E-state index contributed by atoms with van der Waals surface area (Å²) < 4.78 is 0. The highest BCUT2D eigenvalue weighted by Crippen LogP contribution is 2.32. The van der Waals surface area contributed by atoms with Crippen LogP contribution in [0.25, 0.3) is 0 Å². The molecule has 0 aliphatic carbocycles. The van der Waals surface area contributed by atoms with Gasteiger partial charge in [0.25, 0.3) is 5.91 Å². The molecule has 0 aromatic heterocycles. The second-order valence-corrected chi connectivity index (χ2v) is 8.62. The smallest absolute Gasteiger partial charge is 0.255 e. The van der Waals surface area contributed by atoms with Gasteiger partial charge in [0, 0.05) is 43.7 Å². The maximum atomic E-state index is 12.8. The molecule has 28 heavy (non-hydrogen) atoms.